The van der Waals surface area contributed by atoms with E-state index < -0.39 is 0 Å². The van der Waals surface area contributed by atoms with E-state index in [9.17, 15) is 0 Å². The van der Waals surface area contributed by atoms with E-state index in [1.54, 1.807) is 0 Å². The van der Waals surface area contributed by atoms with Crippen LogP contribution in [-0.2, 0) is 0 Å². The van der Waals surface area contributed by atoms with E-state index in [1.807, 2.05) is 0 Å². The second-order valence-electron chi connectivity index (χ2n) is 2.41. The molecule has 0 unspecified atom stereocenters. The molecule has 0 saturated carbocycles. The predicted molar refractivity (Wildman–Crippen MR) is 49.6 cm³/mol. The lowest BCUT2D eigenvalue weighted by Crippen LogP contribution is -2.14. The zero-order valence-corrected chi connectivity index (χ0v) is 7.71. The lowest BCUT2D eigenvalue weighted by atomic mass is 10.4. The maximum Gasteiger partial charge on any atom is 0.0709 e. The Kier molecular flexibility index (Phi) is 1.94. The fourth-order valence-electron chi connectivity index (χ4n) is 1.25. The molecule has 2 fully saturated rings. The van der Waals surface area contributed by atoms with Crippen LogP contribution in [0.25, 0.3) is 0 Å². The highest BCUT2D eigenvalue weighted by atomic mass is 32.2. The van der Waals surface area contributed by atoms with Crippen LogP contribution in [0.5, 0.6) is 0 Å². The lowest BCUT2D eigenvalue weighted by molar-refractivity contribution is 0.915. The summed E-state index contributed by atoms with van der Waals surface area (Å²) in [5, 5.41) is 0. The third kappa shape index (κ3) is 1.24. The predicted octanol–water partition coefficient (Wildman–Crippen LogP) is 2.30. The van der Waals surface area contributed by atoms with Crippen LogP contribution in [0.2, 0.25) is 0 Å². The molecule has 0 aliphatic carbocycles. The molecule has 0 atom stereocenters. The quantitative estimate of drug-likeness (QED) is 0.558. The largest absolute Gasteiger partial charge is 0.160 e. The summed E-state index contributed by atoms with van der Waals surface area (Å²) in [5.41, 5.74) is 0. The van der Waals surface area contributed by atoms with Crippen LogP contribution in [0.3, 0.4) is 0 Å². The highest BCUT2D eigenvalue weighted by Gasteiger charge is 2.38. The van der Waals surface area contributed by atoms with Gasteiger partial charge in [-0.05, 0) is 12.2 Å². The van der Waals surface area contributed by atoms with Crippen molar-refractivity contribution < 1.29 is 0 Å². The number of thioether (sulfide) groups is 3. The van der Waals surface area contributed by atoms with Crippen LogP contribution in [0.1, 0.15) is 6.42 Å². The average molecular weight is 178 g/mol. The first kappa shape index (κ1) is 6.74. The van der Waals surface area contributed by atoms with E-state index in [1.165, 1.54) is 29.4 Å². The smallest absolute Gasteiger partial charge is 0.0709 e. The SMILES string of the molecule is C1CC2(CS1)SCCS2. The van der Waals surface area contributed by atoms with Gasteiger partial charge in [0, 0.05) is 17.3 Å². The van der Waals surface area contributed by atoms with Gasteiger partial charge in [0.15, 0.2) is 0 Å². The Labute approximate surface area is 68.9 Å². The first-order valence-corrected chi connectivity index (χ1v) is 6.40. The molecule has 0 nitrogen and oxygen atoms in total. The van der Waals surface area contributed by atoms with Gasteiger partial charge >= 0.3 is 0 Å². The summed E-state index contributed by atoms with van der Waals surface area (Å²) >= 11 is 6.52. The van der Waals surface area contributed by atoms with Crippen molar-refractivity contribution in [2.45, 2.75) is 10.5 Å². The molecule has 2 rings (SSSR count). The Morgan fingerprint density at radius 1 is 1.00 bits per heavy atom. The number of rotatable bonds is 0. The van der Waals surface area contributed by atoms with Gasteiger partial charge in [-0.3, -0.25) is 0 Å². The van der Waals surface area contributed by atoms with Crippen LogP contribution < -0.4 is 0 Å². The Bertz CT molecular complexity index is 83.4. The van der Waals surface area contributed by atoms with Crippen molar-refractivity contribution in [3.05, 3.63) is 0 Å². The van der Waals surface area contributed by atoms with Gasteiger partial charge in [-0.15, -0.1) is 23.5 Å². The minimum atomic E-state index is 0.685. The number of hydrogen-bond acceptors (Lipinski definition) is 3. The molecular formula is C6H10S3. The average Bonchev–Trinajstić information content (AvgIpc) is 2.45. The molecule has 0 aromatic heterocycles. The molecule has 2 aliphatic rings. The Morgan fingerprint density at radius 3 is 2.33 bits per heavy atom. The molecule has 0 amide bonds. The van der Waals surface area contributed by atoms with Gasteiger partial charge in [-0.25, -0.2) is 0 Å². The van der Waals surface area contributed by atoms with Crippen molar-refractivity contribution in [2.24, 2.45) is 0 Å². The van der Waals surface area contributed by atoms with Gasteiger partial charge in [0.05, 0.1) is 4.08 Å². The van der Waals surface area contributed by atoms with Crippen molar-refractivity contribution in [2.75, 3.05) is 23.0 Å². The molecule has 0 N–H and O–H groups in total. The summed E-state index contributed by atoms with van der Waals surface area (Å²) in [7, 11) is 0. The minimum absolute atomic E-state index is 0.685. The zero-order valence-electron chi connectivity index (χ0n) is 5.26. The van der Waals surface area contributed by atoms with Crippen LogP contribution in [0, 0.1) is 0 Å². The van der Waals surface area contributed by atoms with Crippen molar-refractivity contribution in [1.82, 2.24) is 0 Å². The third-order valence-electron chi connectivity index (χ3n) is 1.76. The van der Waals surface area contributed by atoms with Crippen molar-refractivity contribution >= 4 is 35.3 Å². The molecule has 0 aromatic carbocycles. The molecule has 9 heavy (non-hydrogen) atoms. The van der Waals surface area contributed by atoms with E-state index in [4.69, 9.17) is 0 Å². The highest BCUT2D eigenvalue weighted by Crippen LogP contribution is 2.52. The molecule has 0 radical (unpaired) electrons. The summed E-state index contributed by atoms with van der Waals surface area (Å²) in [6.45, 7) is 0. The van der Waals surface area contributed by atoms with Crippen LogP contribution in [0.15, 0.2) is 0 Å². The summed E-state index contributed by atoms with van der Waals surface area (Å²) in [5.74, 6) is 5.60. The standard InChI is InChI=1S/C6H10S3/c1-2-7-5-6(1)8-3-4-9-6/h1-5H2. The molecule has 1 spiro atoms. The van der Waals surface area contributed by atoms with E-state index in [0.29, 0.717) is 4.08 Å². The second kappa shape index (κ2) is 2.59. The Balaban J connectivity index is 2.04. The van der Waals surface area contributed by atoms with Gasteiger partial charge in [0.25, 0.3) is 0 Å². The number of hydrogen-bond donors (Lipinski definition) is 0. The molecule has 3 heteroatoms. The van der Waals surface area contributed by atoms with E-state index in [2.05, 4.69) is 35.3 Å². The van der Waals surface area contributed by atoms with E-state index in [0.717, 1.165) is 0 Å². The molecule has 2 saturated heterocycles. The zero-order chi connectivity index (χ0) is 6.16. The molecular weight excluding hydrogens is 168 g/mol. The highest BCUT2D eigenvalue weighted by molar-refractivity contribution is 8.22. The Hall–Kier alpha value is 1.05. The lowest BCUT2D eigenvalue weighted by Gasteiger charge is -2.17. The van der Waals surface area contributed by atoms with Gasteiger partial charge < -0.3 is 0 Å². The second-order valence-corrected chi connectivity index (χ2v) is 6.73. The maximum atomic E-state index is 2.19. The minimum Gasteiger partial charge on any atom is -0.160 e. The monoisotopic (exact) mass is 178 g/mol. The van der Waals surface area contributed by atoms with Gasteiger partial charge in [-0.2, -0.15) is 11.8 Å². The maximum absolute atomic E-state index is 2.19. The van der Waals surface area contributed by atoms with Crippen LogP contribution >= 0.6 is 35.3 Å². The summed E-state index contributed by atoms with van der Waals surface area (Å²) in [4.78, 5) is 0. The summed E-state index contributed by atoms with van der Waals surface area (Å²) in [6.07, 6.45) is 1.45. The van der Waals surface area contributed by atoms with Gasteiger partial charge in [0.2, 0.25) is 0 Å². The summed E-state index contributed by atoms with van der Waals surface area (Å²) < 4.78 is 0.685. The molecule has 0 bridgehead atoms. The first-order chi connectivity index (χ1) is 4.41. The summed E-state index contributed by atoms with van der Waals surface area (Å²) in [6, 6.07) is 0. The normalized spacial score (nSPS) is 32.0. The van der Waals surface area contributed by atoms with Gasteiger partial charge in [-0.1, -0.05) is 0 Å². The molecule has 0 aromatic rings. The van der Waals surface area contributed by atoms with Crippen molar-refractivity contribution in [1.29, 1.82) is 0 Å². The van der Waals surface area contributed by atoms with E-state index >= 15 is 0 Å². The van der Waals surface area contributed by atoms with Crippen LogP contribution in [0.4, 0.5) is 0 Å². The molecule has 52 valence electrons. The molecule has 2 heterocycles. The topological polar surface area (TPSA) is 0 Å². The van der Waals surface area contributed by atoms with Crippen LogP contribution in [-0.4, -0.2) is 27.1 Å². The van der Waals surface area contributed by atoms with Crippen molar-refractivity contribution in [3.8, 4) is 0 Å². The van der Waals surface area contributed by atoms with Gasteiger partial charge in [0.1, 0.15) is 0 Å². The fourth-order valence-corrected chi connectivity index (χ4v) is 6.51. The first-order valence-electron chi connectivity index (χ1n) is 3.27. The third-order valence-corrected chi connectivity index (χ3v) is 6.85. The van der Waals surface area contributed by atoms with Crippen molar-refractivity contribution in [3.63, 3.8) is 0 Å². The molecule has 2 aliphatic heterocycles. The Morgan fingerprint density at radius 2 is 1.78 bits per heavy atom. The van der Waals surface area contributed by atoms with E-state index in [-0.39, 0.29) is 0 Å². The fraction of sp³-hybridized carbons (Fsp3) is 1.00.